The maximum absolute atomic E-state index is 13.4. The summed E-state index contributed by atoms with van der Waals surface area (Å²) in [5.41, 5.74) is -0.603. The van der Waals surface area contributed by atoms with Gasteiger partial charge in [-0.3, -0.25) is 9.59 Å². The predicted molar refractivity (Wildman–Crippen MR) is 76.9 cm³/mol. The molecule has 0 unspecified atom stereocenters. The fourth-order valence-electron chi connectivity index (χ4n) is 1.78. The van der Waals surface area contributed by atoms with Crippen molar-refractivity contribution >= 4 is 33.2 Å². The standard InChI is InChI=1S/C15H15FO3S/c1-8(17)19-12-10-7-9(16)5-6-11(10)20-13(12)14(18)15(2,3)4/h5-7H,1-4H3. The molecule has 0 N–H and O–H groups in total. The molecule has 0 aliphatic heterocycles. The van der Waals surface area contributed by atoms with Crippen molar-refractivity contribution < 1.29 is 18.7 Å². The number of carbonyl (C=O) groups excluding carboxylic acids is 2. The van der Waals surface area contributed by atoms with Gasteiger partial charge in [0.2, 0.25) is 0 Å². The second-order valence-electron chi connectivity index (χ2n) is 5.57. The Bertz CT molecular complexity index is 695. The quantitative estimate of drug-likeness (QED) is 0.616. The van der Waals surface area contributed by atoms with Gasteiger partial charge >= 0.3 is 5.97 Å². The van der Waals surface area contributed by atoms with Gasteiger partial charge in [0.05, 0.1) is 0 Å². The van der Waals surface area contributed by atoms with E-state index in [1.807, 2.05) is 0 Å². The first kappa shape index (κ1) is 14.7. The summed E-state index contributed by atoms with van der Waals surface area (Å²) < 4.78 is 19.2. The summed E-state index contributed by atoms with van der Waals surface area (Å²) >= 11 is 1.22. The van der Waals surface area contributed by atoms with Crippen molar-refractivity contribution in [1.82, 2.24) is 0 Å². The van der Waals surface area contributed by atoms with Crippen molar-refractivity contribution in [2.45, 2.75) is 27.7 Å². The molecule has 1 aromatic heterocycles. The number of rotatable bonds is 2. The van der Waals surface area contributed by atoms with E-state index in [2.05, 4.69) is 0 Å². The second-order valence-corrected chi connectivity index (χ2v) is 6.63. The van der Waals surface area contributed by atoms with Gasteiger partial charge in [0, 0.05) is 22.4 Å². The number of ether oxygens (including phenoxy) is 1. The molecule has 0 atom stereocenters. The minimum Gasteiger partial charge on any atom is -0.424 e. The van der Waals surface area contributed by atoms with Crippen LogP contribution in [0.5, 0.6) is 5.75 Å². The average Bonchev–Trinajstić information content (AvgIpc) is 2.65. The zero-order valence-electron chi connectivity index (χ0n) is 11.7. The second kappa shape index (κ2) is 4.98. The lowest BCUT2D eigenvalue weighted by Crippen LogP contribution is -2.20. The molecule has 20 heavy (non-hydrogen) atoms. The van der Waals surface area contributed by atoms with Gasteiger partial charge in [0.1, 0.15) is 10.7 Å². The highest BCUT2D eigenvalue weighted by Crippen LogP contribution is 2.41. The monoisotopic (exact) mass is 294 g/mol. The van der Waals surface area contributed by atoms with E-state index in [-0.39, 0.29) is 11.5 Å². The van der Waals surface area contributed by atoms with E-state index in [0.29, 0.717) is 10.3 Å². The van der Waals surface area contributed by atoms with Crippen LogP contribution in [0.3, 0.4) is 0 Å². The topological polar surface area (TPSA) is 43.4 Å². The number of halogens is 1. The Balaban J connectivity index is 2.70. The van der Waals surface area contributed by atoms with Crippen LogP contribution in [0, 0.1) is 11.2 Å². The van der Waals surface area contributed by atoms with E-state index in [9.17, 15) is 14.0 Å². The summed E-state index contributed by atoms with van der Waals surface area (Å²) in [6.45, 7) is 6.63. The number of esters is 1. The van der Waals surface area contributed by atoms with Crippen molar-refractivity contribution in [2.24, 2.45) is 5.41 Å². The molecule has 0 radical (unpaired) electrons. The van der Waals surface area contributed by atoms with Crippen LogP contribution in [0.4, 0.5) is 4.39 Å². The van der Waals surface area contributed by atoms with Crippen LogP contribution >= 0.6 is 11.3 Å². The molecule has 1 aromatic carbocycles. The molecule has 5 heteroatoms. The van der Waals surface area contributed by atoms with Gasteiger partial charge in [0.15, 0.2) is 11.5 Å². The Morgan fingerprint density at radius 1 is 1.25 bits per heavy atom. The van der Waals surface area contributed by atoms with Crippen LogP contribution in [0.2, 0.25) is 0 Å². The summed E-state index contributed by atoms with van der Waals surface area (Å²) in [5.74, 6) is -0.928. The van der Waals surface area contributed by atoms with E-state index in [4.69, 9.17) is 4.74 Å². The Morgan fingerprint density at radius 2 is 1.90 bits per heavy atom. The Kier molecular flexibility index (Phi) is 3.65. The van der Waals surface area contributed by atoms with Gasteiger partial charge < -0.3 is 4.74 Å². The molecule has 0 spiro atoms. The molecule has 2 aromatic rings. The first-order valence-electron chi connectivity index (χ1n) is 6.15. The number of Topliss-reactive ketones (excluding diaryl/α,β-unsaturated/α-hetero) is 1. The summed E-state index contributed by atoms with van der Waals surface area (Å²) in [6, 6.07) is 4.19. The molecular formula is C15H15FO3S. The van der Waals surface area contributed by atoms with Crippen LogP contribution in [-0.4, -0.2) is 11.8 Å². The summed E-state index contributed by atoms with van der Waals surface area (Å²) in [6.07, 6.45) is 0. The third kappa shape index (κ3) is 2.72. The molecule has 1 heterocycles. The molecular weight excluding hydrogens is 279 g/mol. The van der Waals surface area contributed by atoms with E-state index in [0.717, 1.165) is 4.70 Å². The average molecular weight is 294 g/mol. The van der Waals surface area contributed by atoms with Crippen LogP contribution < -0.4 is 4.74 Å². The lowest BCUT2D eigenvalue weighted by Gasteiger charge is -2.16. The van der Waals surface area contributed by atoms with Gasteiger partial charge in [-0.2, -0.15) is 0 Å². The maximum atomic E-state index is 13.4. The lowest BCUT2D eigenvalue weighted by atomic mass is 9.89. The molecule has 0 fully saturated rings. The molecule has 106 valence electrons. The number of thiophene rings is 1. The van der Waals surface area contributed by atoms with Gasteiger partial charge in [-0.25, -0.2) is 4.39 Å². The maximum Gasteiger partial charge on any atom is 0.308 e. The Hall–Kier alpha value is -1.75. The van der Waals surface area contributed by atoms with Crippen molar-refractivity contribution in [1.29, 1.82) is 0 Å². The summed E-state index contributed by atoms with van der Waals surface area (Å²) in [5, 5.41) is 0.456. The molecule has 2 rings (SSSR count). The molecule has 0 saturated carbocycles. The zero-order valence-corrected chi connectivity index (χ0v) is 12.6. The summed E-state index contributed by atoms with van der Waals surface area (Å²) in [7, 11) is 0. The first-order chi connectivity index (χ1) is 9.20. The van der Waals surface area contributed by atoms with Crippen molar-refractivity contribution in [3.63, 3.8) is 0 Å². The van der Waals surface area contributed by atoms with Gasteiger partial charge in [-0.1, -0.05) is 20.8 Å². The molecule has 0 amide bonds. The highest BCUT2D eigenvalue weighted by atomic mass is 32.1. The third-order valence-electron chi connectivity index (χ3n) is 2.74. The normalized spacial score (nSPS) is 11.7. The lowest BCUT2D eigenvalue weighted by molar-refractivity contribution is -0.131. The van der Waals surface area contributed by atoms with Crippen LogP contribution in [0.15, 0.2) is 18.2 Å². The fourth-order valence-corrected chi connectivity index (χ4v) is 3.04. The molecule has 0 aliphatic carbocycles. The van der Waals surface area contributed by atoms with Crippen molar-refractivity contribution in [3.05, 3.63) is 28.9 Å². The largest absolute Gasteiger partial charge is 0.424 e. The third-order valence-corrected chi connectivity index (χ3v) is 3.89. The number of carbonyl (C=O) groups is 2. The molecule has 0 bridgehead atoms. The SMILES string of the molecule is CC(=O)Oc1c(C(=O)C(C)(C)C)sc2ccc(F)cc12. The van der Waals surface area contributed by atoms with E-state index in [1.165, 1.54) is 30.4 Å². The van der Waals surface area contributed by atoms with Crippen molar-refractivity contribution in [3.8, 4) is 5.75 Å². The highest BCUT2D eigenvalue weighted by Gasteiger charge is 2.29. The van der Waals surface area contributed by atoms with Crippen LogP contribution in [-0.2, 0) is 4.79 Å². The smallest absolute Gasteiger partial charge is 0.308 e. The van der Waals surface area contributed by atoms with E-state index >= 15 is 0 Å². The minimum absolute atomic E-state index is 0.129. The molecule has 3 nitrogen and oxygen atoms in total. The number of fused-ring (bicyclic) bond motifs is 1. The minimum atomic E-state index is -0.603. The summed E-state index contributed by atoms with van der Waals surface area (Å²) in [4.78, 5) is 24.0. The number of hydrogen-bond acceptors (Lipinski definition) is 4. The van der Waals surface area contributed by atoms with Gasteiger partial charge in [-0.05, 0) is 18.2 Å². The number of benzene rings is 1. The van der Waals surface area contributed by atoms with Crippen LogP contribution in [0.25, 0.3) is 10.1 Å². The predicted octanol–water partition coefficient (Wildman–Crippen LogP) is 4.19. The van der Waals surface area contributed by atoms with Crippen molar-refractivity contribution in [2.75, 3.05) is 0 Å². The van der Waals surface area contributed by atoms with E-state index < -0.39 is 17.2 Å². The Morgan fingerprint density at radius 3 is 2.45 bits per heavy atom. The first-order valence-corrected chi connectivity index (χ1v) is 6.97. The van der Waals surface area contributed by atoms with E-state index in [1.54, 1.807) is 26.8 Å². The fraction of sp³-hybridized carbons (Fsp3) is 0.333. The number of hydrogen-bond donors (Lipinski definition) is 0. The van der Waals surface area contributed by atoms with Gasteiger partial charge in [0.25, 0.3) is 0 Å². The van der Waals surface area contributed by atoms with Crippen LogP contribution in [0.1, 0.15) is 37.4 Å². The number of ketones is 1. The van der Waals surface area contributed by atoms with Gasteiger partial charge in [-0.15, -0.1) is 11.3 Å². The highest BCUT2D eigenvalue weighted by molar-refractivity contribution is 7.21. The molecule has 0 aliphatic rings. The zero-order chi connectivity index (χ0) is 15.1. The Labute approximate surface area is 120 Å². The molecule has 0 saturated heterocycles.